The quantitative estimate of drug-likeness (QED) is 0.381. The van der Waals surface area contributed by atoms with Crippen molar-refractivity contribution >= 4 is 41.3 Å². The Balaban J connectivity index is 0.00000264. The topological polar surface area (TPSA) is 39.7 Å². The Morgan fingerprint density at radius 3 is 2.65 bits per heavy atom. The van der Waals surface area contributed by atoms with Gasteiger partial charge in [0.25, 0.3) is 0 Å². The standard InChI is InChI=1S/C17H30N4S.HI/c1-4-15-7-8-16(22-15)12-20-17(18-5-2)19-11-14-9-10-21(6-3)13-14;/h7-8,14H,4-6,9-13H2,1-3H3,(H2,18,19,20);1H. The highest BCUT2D eigenvalue weighted by Gasteiger charge is 2.20. The van der Waals surface area contributed by atoms with Crippen molar-refractivity contribution in [2.45, 2.75) is 40.2 Å². The number of thiophene rings is 1. The Bertz CT molecular complexity index is 475. The Hall–Kier alpha value is -0.340. The van der Waals surface area contributed by atoms with Crippen LogP contribution in [0.1, 0.15) is 36.9 Å². The number of aliphatic imine (C=N–C) groups is 1. The minimum atomic E-state index is 0. The zero-order valence-corrected chi connectivity index (χ0v) is 17.7. The van der Waals surface area contributed by atoms with E-state index in [9.17, 15) is 0 Å². The van der Waals surface area contributed by atoms with E-state index in [1.165, 1.54) is 35.8 Å². The van der Waals surface area contributed by atoms with Crippen LogP contribution < -0.4 is 10.6 Å². The molecule has 2 rings (SSSR count). The van der Waals surface area contributed by atoms with E-state index < -0.39 is 0 Å². The van der Waals surface area contributed by atoms with Gasteiger partial charge in [0.1, 0.15) is 0 Å². The molecule has 6 heteroatoms. The largest absolute Gasteiger partial charge is 0.357 e. The lowest BCUT2D eigenvalue weighted by Crippen LogP contribution is -2.40. The molecule has 0 amide bonds. The fourth-order valence-electron chi connectivity index (χ4n) is 2.80. The number of rotatable bonds is 7. The molecule has 0 aromatic carbocycles. The van der Waals surface area contributed by atoms with Crippen molar-refractivity contribution in [3.63, 3.8) is 0 Å². The second-order valence-corrected chi connectivity index (χ2v) is 7.10. The third-order valence-corrected chi connectivity index (χ3v) is 5.39. The first-order valence-corrected chi connectivity index (χ1v) is 9.38. The van der Waals surface area contributed by atoms with Crippen LogP contribution in [0.5, 0.6) is 0 Å². The van der Waals surface area contributed by atoms with Crippen molar-refractivity contribution in [3.05, 3.63) is 21.9 Å². The number of nitrogens with one attached hydrogen (secondary N) is 2. The van der Waals surface area contributed by atoms with Crippen LogP contribution in [0, 0.1) is 5.92 Å². The van der Waals surface area contributed by atoms with Crippen LogP contribution in [0.15, 0.2) is 17.1 Å². The van der Waals surface area contributed by atoms with Gasteiger partial charge < -0.3 is 15.5 Å². The molecule has 1 aliphatic heterocycles. The van der Waals surface area contributed by atoms with Gasteiger partial charge in [-0.15, -0.1) is 35.3 Å². The summed E-state index contributed by atoms with van der Waals surface area (Å²) in [4.78, 5) is 10.0. The van der Waals surface area contributed by atoms with Crippen molar-refractivity contribution in [1.82, 2.24) is 15.5 Å². The normalized spacial score (nSPS) is 18.7. The third kappa shape index (κ3) is 6.97. The second-order valence-electron chi connectivity index (χ2n) is 5.85. The number of likely N-dealkylation sites (tertiary alicyclic amines) is 1. The summed E-state index contributed by atoms with van der Waals surface area (Å²) in [6, 6.07) is 4.42. The minimum absolute atomic E-state index is 0. The third-order valence-electron chi connectivity index (χ3n) is 4.18. The summed E-state index contributed by atoms with van der Waals surface area (Å²) in [6.45, 7) is 12.9. The monoisotopic (exact) mass is 450 g/mol. The summed E-state index contributed by atoms with van der Waals surface area (Å²) < 4.78 is 0. The summed E-state index contributed by atoms with van der Waals surface area (Å²) in [6.07, 6.45) is 2.41. The molecule has 1 aliphatic rings. The Kier molecular flexibility index (Phi) is 10.1. The van der Waals surface area contributed by atoms with Gasteiger partial charge in [0.05, 0.1) is 6.54 Å². The van der Waals surface area contributed by atoms with Crippen LogP contribution in [0.25, 0.3) is 0 Å². The van der Waals surface area contributed by atoms with Crippen molar-refractivity contribution in [2.75, 3.05) is 32.7 Å². The lowest BCUT2D eigenvalue weighted by atomic mass is 10.1. The van der Waals surface area contributed by atoms with Gasteiger partial charge in [0.2, 0.25) is 0 Å². The summed E-state index contributed by atoms with van der Waals surface area (Å²) in [5, 5.41) is 6.87. The molecule has 1 atom stereocenters. The molecule has 23 heavy (non-hydrogen) atoms. The van der Waals surface area contributed by atoms with Gasteiger partial charge in [-0.1, -0.05) is 13.8 Å². The van der Waals surface area contributed by atoms with Crippen LogP contribution in [-0.2, 0) is 13.0 Å². The van der Waals surface area contributed by atoms with E-state index in [0.29, 0.717) is 0 Å². The maximum atomic E-state index is 4.72. The van der Waals surface area contributed by atoms with Crippen molar-refractivity contribution in [1.29, 1.82) is 0 Å². The van der Waals surface area contributed by atoms with Gasteiger partial charge in [-0.05, 0) is 50.9 Å². The van der Waals surface area contributed by atoms with Gasteiger partial charge in [-0.2, -0.15) is 0 Å². The maximum Gasteiger partial charge on any atom is 0.191 e. The van der Waals surface area contributed by atoms with Gasteiger partial charge in [-0.25, -0.2) is 4.99 Å². The summed E-state index contributed by atoms with van der Waals surface area (Å²) in [7, 11) is 0. The SMILES string of the molecule is CCNC(=NCc1ccc(CC)s1)NCC1CCN(CC)C1.I. The van der Waals surface area contributed by atoms with E-state index in [1.807, 2.05) is 11.3 Å². The smallest absolute Gasteiger partial charge is 0.191 e. The number of guanidine groups is 1. The average Bonchev–Trinajstić information content (AvgIpc) is 3.18. The Morgan fingerprint density at radius 2 is 2.04 bits per heavy atom. The van der Waals surface area contributed by atoms with Crippen LogP contribution in [0.4, 0.5) is 0 Å². The first kappa shape index (κ1) is 20.7. The zero-order valence-electron chi connectivity index (χ0n) is 14.6. The van der Waals surface area contributed by atoms with E-state index in [-0.39, 0.29) is 24.0 Å². The van der Waals surface area contributed by atoms with Gasteiger partial charge in [0.15, 0.2) is 5.96 Å². The average molecular weight is 450 g/mol. The van der Waals surface area contributed by atoms with E-state index in [2.05, 4.69) is 48.4 Å². The van der Waals surface area contributed by atoms with E-state index in [4.69, 9.17) is 4.99 Å². The van der Waals surface area contributed by atoms with Gasteiger partial charge >= 0.3 is 0 Å². The minimum Gasteiger partial charge on any atom is -0.357 e. The Labute approximate surface area is 162 Å². The first-order chi connectivity index (χ1) is 10.7. The van der Waals surface area contributed by atoms with Crippen LogP contribution in [0.2, 0.25) is 0 Å². The highest BCUT2D eigenvalue weighted by Crippen LogP contribution is 2.17. The number of hydrogen-bond acceptors (Lipinski definition) is 3. The number of hydrogen-bond donors (Lipinski definition) is 2. The molecule has 1 saturated heterocycles. The Morgan fingerprint density at radius 1 is 1.26 bits per heavy atom. The van der Waals surface area contributed by atoms with Crippen molar-refractivity contribution in [2.24, 2.45) is 10.9 Å². The molecule has 0 radical (unpaired) electrons. The van der Waals surface area contributed by atoms with E-state index in [1.54, 1.807) is 0 Å². The predicted molar refractivity (Wildman–Crippen MR) is 112 cm³/mol. The first-order valence-electron chi connectivity index (χ1n) is 8.57. The fraction of sp³-hybridized carbons (Fsp3) is 0.706. The predicted octanol–water partition coefficient (Wildman–Crippen LogP) is 3.33. The molecule has 4 nitrogen and oxygen atoms in total. The van der Waals surface area contributed by atoms with Crippen molar-refractivity contribution < 1.29 is 0 Å². The molecular weight excluding hydrogens is 419 g/mol. The van der Waals surface area contributed by atoms with Crippen molar-refractivity contribution in [3.8, 4) is 0 Å². The fourth-order valence-corrected chi connectivity index (χ4v) is 3.69. The highest BCUT2D eigenvalue weighted by molar-refractivity contribution is 14.0. The number of nitrogens with zero attached hydrogens (tertiary/aromatic N) is 2. The molecule has 1 fully saturated rings. The van der Waals surface area contributed by atoms with Gasteiger partial charge in [-0.3, -0.25) is 0 Å². The van der Waals surface area contributed by atoms with Crippen LogP contribution >= 0.6 is 35.3 Å². The molecule has 0 saturated carbocycles. The van der Waals surface area contributed by atoms with Gasteiger partial charge in [0, 0.05) is 29.4 Å². The molecule has 0 bridgehead atoms. The summed E-state index contributed by atoms with van der Waals surface area (Å²) >= 11 is 1.87. The molecule has 1 aromatic heterocycles. The zero-order chi connectivity index (χ0) is 15.8. The second kappa shape index (κ2) is 11.3. The number of halogens is 1. The lowest BCUT2D eigenvalue weighted by molar-refractivity contribution is 0.342. The summed E-state index contributed by atoms with van der Waals surface area (Å²) in [5.41, 5.74) is 0. The van der Waals surface area contributed by atoms with E-state index >= 15 is 0 Å². The lowest BCUT2D eigenvalue weighted by Gasteiger charge is -2.16. The molecule has 0 aliphatic carbocycles. The molecule has 132 valence electrons. The van der Waals surface area contributed by atoms with E-state index in [0.717, 1.165) is 37.9 Å². The molecular formula is C17H31IN4S. The van der Waals surface area contributed by atoms with Crippen LogP contribution in [0.3, 0.4) is 0 Å². The highest BCUT2D eigenvalue weighted by atomic mass is 127. The summed E-state index contributed by atoms with van der Waals surface area (Å²) in [5.74, 6) is 1.70. The molecule has 2 heterocycles. The molecule has 2 N–H and O–H groups in total. The maximum absolute atomic E-state index is 4.72. The number of aryl methyl sites for hydroxylation is 1. The van der Waals surface area contributed by atoms with Crippen LogP contribution in [-0.4, -0.2) is 43.6 Å². The molecule has 1 unspecified atom stereocenters. The molecule has 0 spiro atoms. The molecule has 1 aromatic rings.